The van der Waals surface area contributed by atoms with Crippen molar-refractivity contribution in [1.82, 2.24) is 5.32 Å². The topological polar surface area (TPSA) is 238 Å². The van der Waals surface area contributed by atoms with E-state index in [1.54, 1.807) is 69.3 Å². The molecule has 5 aromatic rings. The lowest BCUT2D eigenvalue weighted by Gasteiger charge is -2.34. The highest BCUT2D eigenvalue weighted by atomic mass is 32.2. The van der Waals surface area contributed by atoms with Gasteiger partial charge in [-0.2, -0.15) is 0 Å². The van der Waals surface area contributed by atoms with Gasteiger partial charge in [0, 0.05) is 57.5 Å². The second-order valence-corrected chi connectivity index (χ2v) is 30.5. The van der Waals surface area contributed by atoms with Crippen LogP contribution in [0.3, 0.4) is 0 Å². The number of sulfone groups is 4. The van der Waals surface area contributed by atoms with E-state index in [2.05, 4.69) is 5.32 Å². The van der Waals surface area contributed by atoms with E-state index in [9.17, 15) is 51.6 Å². The summed E-state index contributed by atoms with van der Waals surface area (Å²) in [5.41, 5.74) is 15.8. The summed E-state index contributed by atoms with van der Waals surface area (Å²) in [4.78, 5) is 11.3. The molecule has 0 unspecified atom stereocenters. The third-order valence-electron chi connectivity index (χ3n) is 15.4. The van der Waals surface area contributed by atoms with Gasteiger partial charge < -0.3 is 21.9 Å². The number of benzene rings is 5. The summed E-state index contributed by atoms with van der Waals surface area (Å²) in [5.74, 6) is -0.0669. The maximum atomic E-state index is 15.3. The highest BCUT2D eigenvalue weighted by Crippen LogP contribution is 2.43. The van der Waals surface area contributed by atoms with Crippen LogP contribution in [0, 0.1) is 27.7 Å². The average molecular weight is 1210 g/mol. The molecular weight excluding hydrogens is 1130 g/mol. The molecule has 81 heavy (non-hydrogen) atoms. The lowest BCUT2D eigenvalue weighted by Crippen LogP contribution is -2.43. The maximum Gasteiger partial charge on any atom is 0.216 e. The van der Waals surface area contributed by atoms with Crippen LogP contribution in [0.5, 0.6) is 0 Å². The molecule has 0 aliphatic heterocycles. The van der Waals surface area contributed by atoms with Crippen molar-refractivity contribution in [2.24, 2.45) is 11.5 Å². The molecule has 5 aromatic carbocycles. The number of hydrogen-bond donors (Lipinski definition) is 4. The van der Waals surface area contributed by atoms with E-state index in [1.807, 2.05) is 43.3 Å². The van der Waals surface area contributed by atoms with Gasteiger partial charge in [-0.1, -0.05) is 78.9 Å². The van der Waals surface area contributed by atoms with Gasteiger partial charge in [-0.15, -0.1) is 0 Å². The van der Waals surface area contributed by atoms with Gasteiger partial charge in [0.15, 0.2) is 0 Å². The van der Waals surface area contributed by atoms with Crippen LogP contribution in [-0.4, -0.2) is 89.8 Å². The Kier molecular flexibility index (Phi) is 23.2. The zero-order chi connectivity index (χ0) is 60.1. The molecule has 0 heterocycles. The second kappa shape index (κ2) is 28.1. The molecule has 21 heteroatoms. The van der Waals surface area contributed by atoms with Crippen LogP contribution in [0.15, 0.2) is 147 Å². The number of hydrogen-bond acceptors (Lipinski definition) is 13. The highest BCUT2D eigenvalue weighted by molar-refractivity contribution is 7.93. The van der Waals surface area contributed by atoms with Gasteiger partial charge in [0.05, 0.1) is 19.6 Å². The zero-order valence-corrected chi connectivity index (χ0v) is 50.1. The number of carbonyl (C=O) groups is 1. The number of halogens is 4. The minimum absolute atomic E-state index is 0.000603. The molecule has 9 rings (SSSR count). The van der Waals surface area contributed by atoms with Crippen LogP contribution in [-0.2, 0) is 50.7 Å². The Balaban J connectivity index is 0.000000198. The summed E-state index contributed by atoms with van der Waals surface area (Å²) in [7, 11) is -14.9. The molecule has 4 aliphatic carbocycles. The quantitative estimate of drug-likeness (QED) is 0.0902. The van der Waals surface area contributed by atoms with Gasteiger partial charge in [0.25, 0.3) is 0 Å². The van der Waals surface area contributed by atoms with Gasteiger partial charge in [0.1, 0.15) is 5.78 Å². The van der Waals surface area contributed by atoms with Gasteiger partial charge in [-0.05, 0) is 181 Å². The Morgan fingerprint density at radius 1 is 0.432 bits per heavy atom. The second-order valence-electron chi connectivity index (χ2n) is 21.7. The molecule has 4 fully saturated rings. The molecule has 0 atom stereocenters. The lowest BCUT2D eigenvalue weighted by atomic mass is 9.93. The van der Waals surface area contributed by atoms with E-state index >= 15 is 4.39 Å². The Morgan fingerprint density at radius 3 is 0.988 bits per heavy atom. The number of Topliss-reactive ketones (excluding diaryl/α,β-unsaturated/α-hetero) is 1. The minimum atomic E-state index is -4.03. The number of aliphatic hydroxyl groups excluding tert-OH is 1. The van der Waals surface area contributed by atoms with E-state index in [0.29, 0.717) is 38.5 Å². The first-order valence-corrected chi connectivity index (χ1v) is 33.1. The molecule has 0 aromatic heterocycles. The number of alkyl halides is 4. The molecule has 13 nitrogen and oxygen atoms in total. The molecule has 6 N–H and O–H groups in total. The molecule has 4 saturated carbocycles. The molecular formula is C60H79F4N3O10S4. The molecule has 446 valence electrons. The van der Waals surface area contributed by atoms with Crippen molar-refractivity contribution < 1.29 is 61.1 Å². The van der Waals surface area contributed by atoms with E-state index in [0.717, 1.165) is 35.9 Å². The Labute approximate surface area is 477 Å². The zero-order valence-electron chi connectivity index (χ0n) is 46.8. The van der Waals surface area contributed by atoms with Crippen LogP contribution in [0.4, 0.5) is 17.6 Å². The number of ketones is 1. The number of rotatable bonds is 11. The SMILES string of the molecule is CO.Cc1cccc(S(=O)(=O)C2(F)CCC(=O)CC2)c1.Cc1cccc(S(=O)(=O)C2(F)CCC(N)CC2)c1.Cc1cccc(S(=O)(=O)C2(F)CCC(N)CC2)c1.Cc1cccc(S(=O)(=O)C2(F)CCC(NCc3ccccc3)CC2)c1. The fourth-order valence-corrected chi connectivity index (χ4v) is 17.4. The molecule has 0 bridgehead atoms. The molecule has 0 amide bonds. The molecule has 0 radical (unpaired) electrons. The van der Waals surface area contributed by atoms with Crippen LogP contribution < -0.4 is 16.8 Å². The van der Waals surface area contributed by atoms with E-state index < -0.39 is 59.4 Å². The molecule has 0 saturated heterocycles. The lowest BCUT2D eigenvalue weighted by molar-refractivity contribution is -0.121. The molecule has 0 spiro atoms. The number of aryl methyl sites for hydroxylation is 4. The smallest absolute Gasteiger partial charge is 0.216 e. The Bertz CT molecular complexity index is 3240. The predicted octanol–water partition coefficient (Wildman–Crippen LogP) is 11.0. The first-order chi connectivity index (χ1) is 38.0. The summed E-state index contributed by atoms with van der Waals surface area (Å²) in [6.07, 6.45) is 2.29. The highest BCUT2D eigenvalue weighted by Gasteiger charge is 2.50. The van der Waals surface area contributed by atoms with Crippen LogP contribution >= 0.6 is 0 Å². The van der Waals surface area contributed by atoms with Gasteiger partial charge in [0.2, 0.25) is 59.4 Å². The third kappa shape index (κ3) is 16.5. The summed E-state index contributed by atoms with van der Waals surface area (Å²) in [6, 6.07) is 35.6. The summed E-state index contributed by atoms with van der Waals surface area (Å²) in [5, 5.41) is 1.64. The maximum absolute atomic E-state index is 15.3. The number of nitrogens with one attached hydrogen (secondary N) is 1. The largest absolute Gasteiger partial charge is 0.400 e. The predicted molar refractivity (Wildman–Crippen MR) is 309 cm³/mol. The fraction of sp³-hybridized carbons (Fsp3) is 0.483. The van der Waals surface area contributed by atoms with Gasteiger partial charge in [-0.3, -0.25) is 4.79 Å². The summed E-state index contributed by atoms with van der Waals surface area (Å²) < 4.78 is 159. The van der Waals surface area contributed by atoms with E-state index in [-0.39, 0.29) is 108 Å². The first kappa shape index (κ1) is 66.9. The van der Waals surface area contributed by atoms with Crippen molar-refractivity contribution in [3.8, 4) is 0 Å². The fourth-order valence-electron chi connectivity index (χ4n) is 10.2. The Hall–Kier alpha value is -4.87. The number of nitrogens with two attached hydrogens (primary N) is 2. The van der Waals surface area contributed by atoms with Crippen molar-refractivity contribution in [1.29, 1.82) is 0 Å². The summed E-state index contributed by atoms with van der Waals surface area (Å²) in [6.45, 7) is 7.87. The summed E-state index contributed by atoms with van der Waals surface area (Å²) >= 11 is 0. The standard InChI is InChI=1S/C20H24FNO2S.2C13H18FNO2S.C13H15FO3S.CH4O/c1-16-6-5-9-19(14-16)25(23,24)20(21)12-10-18(11-13-20)22-15-17-7-3-2-4-8-17;3*1-10-3-2-4-12(9-10)18(16,17)13(14)7-5-11(15)6-8-13;1-2/h2-9,14,18,22H,10-13,15H2,1H3;2*2-4,9,11H,5-8,15H2,1H3;2-4,9H,5-8H2,1H3;2H,1H3. The third-order valence-corrected chi connectivity index (χ3v) is 24.4. The Morgan fingerprint density at radius 2 is 0.704 bits per heavy atom. The van der Waals surface area contributed by atoms with Crippen molar-refractivity contribution in [3.05, 3.63) is 155 Å². The van der Waals surface area contributed by atoms with Crippen molar-refractivity contribution in [3.63, 3.8) is 0 Å². The van der Waals surface area contributed by atoms with Crippen LogP contribution in [0.2, 0.25) is 0 Å². The monoisotopic (exact) mass is 1210 g/mol. The number of carbonyl (C=O) groups excluding carboxylic acids is 1. The first-order valence-electron chi connectivity index (χ1n) is 27.2. The average Bonchev–Trinajstić information content (AvgIpc) is 3.59. The van der Waals surface area contributed by atoms with Crippen LogP contribution in [0.1, 0.15) is 131 Å². The minimum Gasteiger partial charge on any atom is -0.400 e. The number of aliphatic hydroxyl groups is 1. The van der Waals surface area contributed by atoms with Crippen molar-refractivity contribution >= 4 is 45.1 Å². The van der Waals surface area contributed by atoms with Crippen molar-refractivity contribution in [2.75, 3.05) is 7.11 Å². The van der Waals surface area contributed by atoms with Crippen LogP contribution in [0.25, 0.3) is 0 Å². The molecule has 4 aliphatic rings. The normalized spacial score (nSPS) is 24.9. The van der Waals surface area contributed by atoms with E-state index in [4.69, 9.17) is 16.6 Å². The van der Waals surface area contributed by atoms with E-state index in [1.165, 1.54) is 48.0 Å². The van der Waals surface area contributed by atoms with Gasteiger partial charge in [-0.25, -0.2) is 51.2 Å². The van der Waals surface area contributed by atoms with Gasteiger partial charge >= 0.3 is 0 Å². The van der Waals surface area contributed by atoms with Crippen molar-refractivity contribution in [2.45, 2.75) is 195 Å².